The zero-order valence-electron chi connectivity index (χ0n) is 14.2. The molecule has 1 aliphatic heterocycles. The van der Waals surface area contributed by atoms with E-state index in [2.05, 4.69) is 10.1 Å². The van der Waals surface area contributed by atoms with E-state index < -0.39 is 31.1 Å². The maximum absolute atomic E-state index is 12.2. The van der Waals surface area contributed by atoms with Gasteiger partial charge in [0.2, 0.25) is 0 Å². The van der Waals surface area contributed by atoms with Crippen LogP contribution in [0.2, 0.25) is 0 Å². The Morgan fingerprint density at radius 1 is 1.23 bits per heavy atom. The lowest BCUT2D eigenvalue weighted by Crippen LogP contribution is -2.40. The molecule has 142 valence electrons. The molecule has 2 amide bonds. The molecular weight excluding hydrogens is 350 g/mol. The van der Waals surface area contributed by atoms with Gasteiger partial charge in [0.1, 0.15) is 12.3 Å². The van der Waals surface area contributed by atoms with Crippen molar-refractivity contribution in [2.75, 3.05) is 19.6 Å². The van der Waals surface area contributed by atoms with Crippen LogP contribution in [0, 0.1) is 0 Å². The van der Waals surface area contributed by atoms with E-state index in [0.29, 0.717) is 13.1 Å². The van der Waals surface area contributed by atoms with Crippen molar-refractivity contribution >= 4 is 17.8 Å². The van der Waals surface area contributed by atoms with Crippen LogP contribution in [-0.4, -0.2) is 55.0 Å². The van der Waals surface area contributed by atoms with Crippen molar-refractivity contribution < 1.29 is 32.6 Å². The highest BCUT2D eigenvalue weighted by Gasteiger charge is 2.26. The second-order valence-electron chi connectivity index (χ2n) is 5.75. The Bertz CT molecular complexity index is 662. The van der Waals surface area contributed by atoms with Crippen LogP contribution in [0.5, 0.6) is 5.75 Å². The number of carbonyl (C=O) groups is 3. The summed E-state index contributed by atoms with van der Waals surface area (Å²) < 4.78 is 33.6. The molecule has 1 N–H and O–H groups in total. The number of esters is 1. The molecular formula is C17H20F2N2O5. The molecule has 1 atom stereocenters. The molecule has 9 heteroatoms. The van der Waals surface area contributed by atoms with Gasteiger partial charge in [0.15, 0.2) is 6.10 Å². The first-order valence-corrected chi connectivity index (χ1v) is 8.18. The van der Waals surface area contributed by atoms with E-state index >= 15 is 0 Å². The fourth-order valence-corrected chi connectivity index (χ4v) is 2.55. The topological polar surface area (TPSA) is 84.9 Å². The second kappa shape index (κ2) is 9.12. The number of rotatable bonds is 7. The number of ether oxygens (including phenoxy) is 2. The van der Waals surface area contributed by atoms with E-state index in [4.69, 9.17) is 4.74 Å². The van der Waals surface area contributed by atoms with Crippen LogP contribution in [0.15, 0.2) is 24.3 Å². The highest BCUT2D eigenvalue weighted by Crippen LogP contribution is 2.16. The number of alkyl halides is 2. The van der Waals surface area contributed by atoms with Crippen molar-refractivity contribution in [3.63, 3.8) is 0 Å². The zero-order valence-corrected chi connectivity index (χ0v) is 14.2. The van der Waals surface area contributed by atoms with Gasteiger partial charge in [-0.3, -0.25) is 14.4 Å². The van der Waals surface area contributed by atoms with E-state index in [1.165, 1.54) is 25.1 Å². The van der Waals surface area contributed by atoms with E-state index in [0.717, 1.165) is 18.9 Å². The van der Waals surface area contributed by atoms with Gasteiger partial charge in [-0.2, -0.15) is 8.78 Å². The maximum atomic E-state index is 12.2. The summed E-state index contributed by atoms with van der Waals surface area (Å²) in [6.45, 7) is -0.678. The van der Waals surface area contributed by atoms with E-state index in [-0.39, 0.29) is 17.2 Å². The maximum Gasteiger partial charge on any atom is 0.387 e. The van der Waals surface area contributed by atoms with Crippen LogP contribution >= 0.6 is 0 Å². The fraction of sp³-hybridized carbons (Fsp3) is 0.471. The van der Waals surface area contributed by atoms with Gasteiger partial charge in [-0.1, -0.05) is 6.07 Å². The quantitative estimate of drug-likeness (QED) is 0.737. The summed E-state index contributed by atoms with van der Waals surface area (Å²) in [5.41, 5.74) is 0.0529. The molecule has 1 saturated heterocycles. The van der Waals surface area contributed by atoms with Gasteiger partial charge in [0.25, 0.3) is 11.8 Å². The molecule has 0 spiro atoms. The fourth-order valence-electron chi connectivity index (χ4n) is 2.55. The van der Waals surface area contributed by atoms with Crippen LogP contribution < -0.4 is 10.1 Å². The number of benzene rings is 1. The molecule has 1 fully saturated rings. The third-order valence-electron chi connectivity index (χ3n) is 3.79. The first-order chi connectivity index (χ1) is 12.4. The van der Waals surface area contributed by atoms with Crippen molar-refractivity contribution in [1.29, 1.82) is 0 Å². The largest absolute Gasteiger partial charge is 0.451 e. The Morgan fingerprint density at radius 2 is 1.92 bits per heavy atom. The number of carbonyl (C=O) groups excluding carboxylic acids is 3. The van der Waals surface area contributed by atoms with Crippen LogP contribution in [0.4, 0.5) is 8.78 Å². The van der Waals surface area contributed by atoms with E-state index in [1.54, 1.807) is 4.90 Å². The van der Waals surface area contributed by atoms with Gasteiger partial charge in [0.05, 0.1) is 0 Å². The number of hydrogen-bond donors (Lipinski definition) is 1. The standard InChI is InChI=1S/C17H20F2N2O5/c1-11(16(24)21-7-2-3-8-21)25-14(22)10-20-15(23)12-5-4-6-13(9-12)26-17(18)19/h4-6,9,11,17H,2-3,7-8,10H2,1H3,(H,20,23). The van der Waals surface area contributed by atoms with E-state index in [9.17, 15) is 23.2 Å². The summed E-state index contributed by atoms with van der Waals surface area (Å²) in [6.07, 6.45) is 0.924. The minimum absolute atomic E-state index is 0.0529. The van der Waals surface area contributed by atoms with Crippen molar-refractivity contribution in [2.24, 2.45) is 0 Å². The molecule has 1 aliphatic rings. The summed E-state index contributed by atoms with van der Waals surface area (Å²) in [5.74, 6) is -1.85. The lowest BCUT2D eigenvalue weighted by Gasteiger charge is -2.20. The minimum Gasteiger partial charge on any atom is -0.451 e. The number of amides is 2. The number of halogens is 2. The number of likely N-dealkylation sites (tertiary alicyclic amines) is 1. The monoisotopic (exact) mass is 370 g/mol. The zero-order chi connectivity index (χ0) is 19.1. The van der Waals surface area contributed by atoms with Crippen LogP contribution in [-0.2, 0) is 14.3 Å². The number of nitrogens with one attached hydrogen (secondary N) is 1. The molecule has 1 heterocycles. The lowest BCUT2D eigenvalue weighted by atomic mass is 10.2. The molecule has 0 saturated carbocycles. The molecule has 1 unspecified atom stereocenters. The first-order valence-electron chi connectivity index (χ1n) is 8.18. The lowest BCUT2D eigenvalue weighted by molar-refractivity contribution is -0.157. The average Bonchev–Trinajstić information content (AvgIpc) is 3.13. The average molecular weight is 370 g/mol. The Kier molecular flexibility index (Phi) is 6.88. The molecule has 0 bridgehead atoms. The summed E-state index contributed by atoms with van der Waals surface area (Å²) in [4.78, 5) is 37.5. The Balaban J connectivity index is 1.81. The van der Waals surface area contributed by atoms with Gasteiger partial charge in [-0.25, -0.2) is 0 Å². The second-order valence-corrected chi connectivity index (χ2v) is 5.75. The highest BCUT2D eigenvalue weighted by atomic mass is 19.3. The SMILES string of the molecule is CC(OC(=O)CNC(=O)c1cccc(OC(F)F)c1)C(=O)N1CCCC1. The normalized spacial score (nSPS) is 14.8. The smallest absolute Gasteiger partial charge is 0.387 e. The van der Waals surface area contributed by atoms with Crippen molar-refractivity contribution in [3.8, 4) is 5.75 Å². The number of hydrogen-bond acceptors (Lipinski definition) is 5. The van der Waals surface area contributed by atoms with Gasteiger partial charge < -0.3 is 19.7 Å². The molecule has 0 aromatic heterocycles. The molecule has 1 aromatic rings. The van der Waals surface area contributed by atoms with Gasteiger partial charge in [0, 0.05) is 18.7 Å². The predicted octanol–water partition coefficient (Wildman–Crippen LogP) is 1.57. The van der Waals surface area contributed by atoms with Crippen molar-refractivity contribution in [3.05, 3.63) is 29.8 Å². The third-order valence-corrected chi connectivity index (χ3v) is 3.79. The molecule has 26 heavy (non-hydrogen) atoms. The van der Waals surface area contributed by atoms with Gasteiger partial charge in [-0.15, -0.1) is 0 Å². The molecule has 7 nitrogen and oxygen atoms in total. The number of nitrogens with zero attached hydrogens (tertiary/aromatic N) is 1. The van der Waals surface area contributed by atoms with E-state index in [1.807, 2.05) is 0 Å². The van der Waals surface area contributed by atoms with Gasteiger partial charge in [-0.05, 0) is 38.0 Å². The van der Waals surface area contributed by atoms with Crippen LogP contribution in [0.25, 0.3) is 0 Å². The summed E-state index contributed by atoms with van der Waals surface area (Å²) in [7, 11) is 0. The van der Waals surface area contributed by atoms with Crippen molar-refractivity contribution in [1.82, 2.24) is 10.2 Å². The molecule has 2 rings (SSSR count). The van der Waals surface area contributed by atoms with Crippen molar-refractivity contribution in [2.45, 2.75) is 32.5 Å². The first kappa shape index (κ1) is 19.6. The van der Waals surface area contributed by atoms with Crippen LogP contribution in [0.3, 0.4) is 0 Å². The summed E-state index contributed by atoms with van der Waals surface area (Å²) >= 11 is 0. The Labute approximate surface area is 149 Å². The van der Waals surface area contributed by atoms with Gasteiger partial charge >= 0.3 is 12.6 Å². The van der Waals surface area contributed by atoms with Crippen LogP contribution in [0.1, 0.15) is 30.1 Å². The Morgan fingerprint density at radius 3 is 2.58 bits per heavy atom. The molecule has 0 aliphatic carbocycles. The minimum atomic E-state index is -3.00. The third kappa shape index (κ3) is 5.68. The molecule has 1 aromatic carbocycles. The predicted molar refractivity (Wildman–Crippen MR) is 86.8 cm³/mol. The Hall–Kier alpha value is -2.71. The summed E-state index contributed by atoms with van der Waals surface area (Å²) in [6, 6.07) is 5.18. The summed E-state index contributed by atoms with van der Waals surface area (Å²) in [5, 5.41) is 2.31. The molecule has 0 radical (unpaired) electrons. The highest BCUT2D eigenvalue weighted by molar-refractivity contribution is 5.96.